The van der Waals surface area contributed by atoms with Crippen molar-refractivity contribution in [1.82, 2.24) is 14.9 Å². The second-order valence-electron chi connectivity index (χ2n) is 9.25. The number of ether oxygens (including phenoxy) is 2. The number of benzene rings is 3. The molecule has 7 nitrogen and oxygen atoms in total. The number of methoxy groups -OCH3 is 1. The number of carbonyl (C=O) groups is 1. The van der Waals surface area contributed by atoms with E-state index in [9.17, 15) is 4.79 Å². The zero-order chi connectivity index (χ0) is 27.5. The molecule has 0 aliphatic carbocycles. The molecule has 2 aromatic heterocycles. The van der Waals surface area contributed by atoms with Gasteiger partial charge in [-0.25, -0.2) is 4.79 Å². The topological polar surface area (TPSA) is 68.6 Å². The molecule has 3 heterocycles. The van der Waals surface area contributed by atoms with Crippen LogP contribution in [0.25, 0.3) is 5.69 Å². The monoisotopic (exact) mass is 546 g/mol. The number of hydrogen-bond acceptors (Lipinski definition) is 5. The van der Waals surface area contributed by atoms with Crippen molar-refractivity contribution < 1.29 is 14.3 Å². The molecule has 2 atom stereocenters. The third kappa shape index (κ3) is 4.92. The normalized spacial score (nSPS) is 16.4. The smallest absolute Gasteiger partial charge is 0.337 e. The van der Waals surface area contributed by atoms with Gasteiger partial charge in [-0.2, -0.15) is 0 Å². The van der Waals surface area contributed by atoms with Crippen molar-refractivity contribution in [1.29, 1.82) is 0 Å². The average molecular weight is 547 g/mol. The highest BCUT2D eigenvalue weighted by molar-refractivity contribution is 7.80. The summed E-state index contributed by atoms with van der Waals surface area (Å²) in [6, 6.07) is 34.5. The maximum Gasteiger partial charge on any atom is 0.337 e. The lowest BCUT2D eigenvalue weighted by molar-refractivity contribution is 0.0600. The molecular formula is C32H26N4O3S. The van der Waals surface area contributed by atoms with Gasteiger partial charge in [0.1, 0.15) is 17.5 Å². The van der Waals surface area contributed by atoms with Gasteiger partial charge in [-0.1, -0.05) is 24.3 Å². The lowest BCUT2D eigenvalue weighted by Crippen LogP contribution is -2.30. The number of aromatic nitrogens is 2. The van der Waals surface area contributed by atoms with Crippen LogP contribution in [0.2, 0.25) is 0 Å². The molecule has 0 amide bonds. The third-order valence-electron chi connectivity index (χ3n) is 6.84. The summed E-state index contributed by atoms with van der Waals surface area (Å²) in [6.07, 6.45) is 3.80. The fraction of sp³-hybridized carbons (Fsp3) is 0.0938. The van der Waals surface area contributed by atoms with E-state index in [0.29, 0.717) is 10.7 Å². The number of thiocarbonyl (C=S) groups is 1. The molecule has 1 aliphatic heterocycles. The predicted molar refractivity (Wildman–Crippen MR) is 158 cm³/mol. The second kappa shape index (κ2) is 11.0. The molecule has 0 bridgehead atoms. The van der Waals surface area contributed by atoms with Gasteiger partial charge in [0.05, 0.1) is 24.4 Å². The molecule has 40 heavy (non-hydrogen) atoms. The fourth-order valence-corrected chi connectivity index (χ4v) is 5.32. The van der Waals surface area contributed by atoms with Gasteiger partial charge < -0.3 is 24.3 Å². The van der Waals surface area contributed by atoms with Crippen LogP contribution in [0.4, 0.5) is 5.69 Å². The minimum absolute atomic E-state index is 0.197. The van der Waals surface area contributed by atoms with Gasteiger partial charge >= 0.3 is 5.97 Å². The van der Waals surface area contributed by atoms with E-state index in [1.807, 2.05) is 97.2 Å². The van der Waals surface area contributed by atoms with E-state index in [4.69, 9.17) is 21.7 Å². The Morgan fingerprint density at radius 2 is 1.52 bits per heavy atom. The van der Waals surface area contributed by atoms with Crippen molar-refractivity contribution in [3.05, 3.63) is 139 Å². The second-order valence-corrected chi connectivity index (χ2v) is 9.63. The maximum atomic E-state index is 12.0. The van der Waals surface area contributed by atoms with Gasteiger partial charge in [0.25, 0.3) is 0 Å². The van der Waals surface area contributed by atoms with E-state index in [-0.39, 0.29) is 18.1 Å². The molecule has 0 spiro atoms. The van der Waals surface area contributed by atoms with Crippen LogP contribution in [0.3, 0.4) is 0 Å². The molecule has 0 unspecified atom stereocenters. The van der Waals surface area contributed by atoms with E-state index in [0.717, 1.165) is 34.3 Å². The number of hydrogen-bond donors (Lipinski definition) is 1. The lowest BCUT2D eigenvalue weighted by atomic mass is 10.0. The number of carbonyl (C=O) groups excluding carboxylic acids is 1. The largest absolute Gasteiger partial charge is 0.465 e. The number of esters is 1. The molecular weight excluding hydrogens is 520 g/mol. The molecule has 1 fully saturated rings. The quantitative estimate of drug-likeness (QED) is 0.182. The number of nitrogens with one attached hydrogen (secondary N) is 1. The number of rotatable bonds is 7. The Labute approximate surface area is 237 Å². The minimum Gasteiger partial charge on any atom is -0.465 e. The van der Waals surface area contributed by atoms with E-state index in [2.05, 4.69) is 25.8 Å². The van der Waals surface area contributed by atoms with Crippen LogP contribution in [0, 0.1) is 0 Å². The standard InChI is InChI=1S/C32H26N4O3S/c1-38-31(37)22-12-14-23(15-13-22)35-21-7-11-28(35)30-29(27-10-5-6-20-33-27)34-32(40)36(30)24-16-18-26(19-17-24)39-25-8-3-2-4-9-25/h2-21,29-30H,1H3,(H,34,40)/t29-,30+/m0/s1. The molecule has 3 aromatic carbocycles. The molecule has 1 saturated heterocycles. The van der Waals surface area contributed by atoms with Crippen molar-refractivity contribution in [3.63, 3.8) is 0 Å². The van der Waals surface area contributed by atoms with Crippen LogP contribution < -0.4 is 15.0 Å². The minimum atomic E-state index is -0.370. The molecule has 5 aromatic rings. The van der Waals surface area contributed by atoms with E-state index in [1.54, 1.807) is 18.3 Å². The van der Waals surface area contributed by atoms with E-state index >= 15 is 0 Å². The van der Waals surface area contributed by atoms with Gasteiger partial charge in [0.2, 0.25) is 0 Å². The summed E-state index contributed by atoms with van der Waals surface area (Å²) >= 11 is 5.90. The number of anilines is 1. The molecule has 198 valence electrons. The highest BCUT2D eigenvalue weighted by atomic mass is 32.1. The number of nitrogens with zero attached hydrogens (tertiary/aromatic N) is 3. The van der Waals surface area contributed by atoms with Crippen molar-refractivity contribution in [3.8, 4) is 17.2 Å². The van der Waals surface area contributed by atoms with Crippen LogP contribution in [-0.4, -0.2) is 27.7 Å². The van der Waals surface area contributed by atoms with Crippen LogP contribution in [0.1, 0.15) is 33.8 Å². The van der Waals surface area contributed by atoms with E-state index in [1.165, 1.54) is 7.11 Å². The lowest BCUT2D eigenvalue weighted by Gasteiger charge is -2.29. The Kier molecular flexibility index (Phi) is 6.99. The molecule has 8 heteroatoms. The Morgan fingerprint density at radius 1 is 0.825 bits per heavy atom. The summed E-state index contributed by atoms with van der Waals surface area (Å²) < 4.78 is 13.0. The van der Waals surface area contributed by atoms with Gasteiger partial charge in [-0.05, 0) is 97.1 Å². The van der Waals surface area contributed by atoms with E-state index < -0.39 is 0 Å². The van der Waals surface area contributed by atoms with Crippen molar-refractivity contribution in [2.24, 2.45) is 0 Å². The van der Waals surface area contributed by atoms with Crippen molar-refractivity contribution in [2.75, 3.05) is 12.0 Å². The molecule has 1 N–H and O–H groups in total. The summed E-state index contributed by atoms with van der Waals surface area (Å²) in [4.78, 5) is 18.8. The highest BCUT2D eigenvalue weighted by Crippen LogP contribution is 2.42. The Hall–Kier alpha value is -4.95. The first-order valence-electron chi connectivity index (χ1n) is 12.8. The van der Waals surface area contributed by atoms with Gasteiger partial charge in [0, 0.05) is 29.5 Å². The first-order chi connectivity index (χ1) is 19.6. The average Bonchev–Trinajstić information content (AvgIpc) is 3.62. The Morgan fingerprint density at radius 3 is 2.23 bits per heavy atom. The molecule has 6 rings (SSSR count). The van der Waals surface area contributed by atoms with Crippen LogP contribution in [-0.2, 0) is 4.74 Å². The van der Waals surface area contributed by atoms with Crippen LogP contribution in [0.5, 0.6) is 11.5 Å². The first kappa shape index (κ1) is 25.3. The number of para-hydroxylation sites is 1. The van der Waals surface area contributed by atoms with Gasteiger partial charge in [-0.15, -0.1) is 0 Å². The summed E-state index contributed by atoms with van der Waals surface area (Å²) in [6.45, 7) is 0. The summed E-state index contributed by atoms with van der Waals surface area (Å²) in [5, 5.41) is 4.11. The SMILES string of the molecule is COC(=O)c1ccc(-n2cccc2[C@@H]2[C@H](c3ccccn3)NC(=S)N2c2ccc(Oc3ccccc3)cc2)cc1. The Bertz CT molecular complexity index is 1620. The molecule has 0 saturated carbocycles. The first-order valence-corrected chi connectivity index (χ1v) is 13.2. The highest BCUT2D eigenvalue weighted by Gasteiger charge is 2.42. The predicted octanol–water partition coefficient (Wildman–Crippen LogP) is 6.63. The molecule has 1 aliphatic rings. The van der Waals surface area contributed by atoms with Gasteiger partial charge in [0.15, 0.2) is 5.11 Å². The van der Waals surface area contributed by atoms with Crippen molar-refractivity contribution in [2.45, 2.75) is 12.1 Å². The summed E-state index contributed by atoms with van der Waals surface area (Å²) in [5.74, 6) is 1.14. The maximum absolute atomic E-state index is 12.0. The number of pyridine rings is 1. The van der Waals surface area contributed by atoms with Crippen molar-refractivity contribution >= 4 is 29.0 Å². The zero-order valence-electron chi connectivity index (χ0n) is 21.7. The van der Waals surface area contributed by atoms with Crippen LogP contribution >= 0.6 is 12.2 Å². The molecule has 0 radical (unpaired) electrons. The third-order valence-corrected chi connectivity index (χ3v) is 7.16. The Balaban J connectivity index is 1.38. The summed E-state index contributed by atoms with van der Waals surface area (Å²) in [7, 11) is 1.38. The fourth-order valence-electron chi connectivity index (χ4n) is 4.98. The van der Waals surface area contributed by atoms with Gasteiger partial charge in [-0.3, -0.25) is 4.98 Å². The zero-order valence-corrected chi connectivity index (χ0v) is 22.5. The summed E-state index contributed by atoms with van der Waals surface area (Å²) in [5.41, 5.74) is 4.23. The van der Waals surface area contributed by atoms with Crippen LogP contribution in [0.15, 0.2) is 122 Å².